The molecule has 2 N–H and O–H groups in total. The first-order valence-electron chi connectivity index (χ1n) is 4.05. The highest BCUT2D eigenvalue weighted by Crippen LogP contribution is 1.93. The quantitative estimate of drug-likeness (QED) is 0.635. The van der Waals surface area contributed by atoms with Crippen molar-refractivity contribution in [1.82, 2.24) is 19.7 Å². The number of fused-ring (bicyclic) bond motifs is 1. The van der Waals surface area contributed by atoms with Crippen molar-refractivity contribution in [2.75, 3.05) is 6.61 Å². The topological polar surface area (TPSA) is 92.8 Å². The fourth-order valence-electron chi connectivity index (χ4n) is 1.14. The largest absolute Gasteiger partial charge is 0.406 e. The van der Waals surface area contributed by atoms with E-state index in [4.69, 9.17) is 4.84 Å². The van der Waals surface area contributed by atoms with Gasteiger partial charge in [-0.1, -0.05) is 4.73 Å². The Morgan fingerprint density at radius 1 is 1.57 bits per heavy atom. The second-order valence-corrected chi connectivity index (χ2v) is 2.57. The molecular weight excluding hydrogens is 188 g/mol. The molecule has 0 spiro atoms. The van der Waals surface area contributed by atoms with Gasteiger partial charge in [0.1, 0.15) is 6.61 Å². The van der Waals surface area contributed by atoms with Gasteiger partial charge in [-0.2, -0.15) is 0 Å². The molecular formula is C7H8N4O3. The maximum absolute atomic E-state index is 11.5. The highest BCUT2D eigenvalue weighted by molar-refractivity contribution is 5.67. The van der Waals surface area contributed by atoms with Crippen molar-refractivity contribution < 1.29 is 4.84 Å². The fraction of sp³-hybridized carbons (Fsp3) is 0.286. The average Bonchev–Trinajstić information content (AvgIpc) is 2.60. The van der Waals surface area contributed by atoms with Crippen LogP contribution >= 0.6 is 0 Å². The van der Waals surface area contributed by atoms with Crippen LogP contribution in [-0.2, 0) is 0 Å². The van der Waals surface area contributed by atoms with Crippen molar-refractivity contribution in [3.8, 4) is 0 Å². The van der Waals surface area contributed by atoms with Crippen LogP contribution in [0.1, 0.15) is 6.92 Å². The summed E-state index contributed by atoms with van der Waals surface area (Å²) in [6, 6.07) is 0. The minimum absolute atomic E-state index is 0.220. The van der Waals surface area contributed by atoms with Crippen LogP contribution in [0.5, 0.6) is 0 Å². The van der Waals surface area contributed by atoms with Crippen LogP contribution in [0.4, 0.5) is 0 Å². The van der Waals surface area contributed by atoms with E-state index in [0.717, 1.165) is 0 Å². The molecule has 0 saturated carbocycles. The zero-order valence-electron chi connectivity index (χ0n) is 7.40. The predicted molar refractivity (Wildman–Crippen MR) is 48.1 cm³/mol. The van der Waals surface area contributed by atoms with Crippen LogP contribution in [-0.4, -0.2) is 26.3 Å². The van der Waals surface area contributed by atoms with E-state index < -0.39 is 11.2 Å². The van der Waals surface area contributed by atoms with Gasteiger partial charge in [-0.05, 0) is 6.92 Å². The number of H-pyrrole nitrogens is 2. The maximum atomic E-state index is 11.5. The molecule has 2 heterocycles. The third-order valence-corrected chi connectivity index (χ3v) is 1.71. The summed E-state index contributed by atoms with van der Waals surface area (Å²) < 4.78 is 0.667. The lowest BCUT2D eigenvalue weighted by Gasteiger charge is -2.02. The second-order valence-electron chi connectivity index (χ2n) is 2.57. The van der Waals surface area contributed by atoms with E-state index in [1.165, 1.54) is 6.33 Å². The first-order valence-corrected chi connectivity index (χ1v) is 4.05. The standard InChI is InChI=1S/C7H8N4O3/c1-2-14-11-6(12)4-5(9-3-8-4)10-7(11)13/h3H,2H2,1H3,(H,8,9)(H,10,13). The summed E-state index contributed by atoms with van der Waals surface area (Å²) in [5.41, 5.74) is -0.714. The van der Waals surface area contributed by atoms with Crippen molar-refractivity contribution in [1.29, 1.82) is 0 Å². The molecule has 0 amide bonds. The Hall–Kier alpha value is -2.05. The summed E-state index contributed by atoms with van der Waals surface area (Å²) >= 11 is 0. The van der Waals surface area contributed by atoms with E-state index in [1.807, 2.05) is 0 Å². The molecule has 0 aliphatic heterocycles. The molecule has 0 aliphatic rings. The molecule has 7 heteroatoms. The molecule has 0 unspecified atom stereocenters. The van der Waals surface area contributed by atoms with Gasteiger partial charge in [0.25, 0.3) is 0 Å². The number of hydrogen-bond acceptors (Lipinski definition) is 4. The summed E-state index contributed by atoms with van der Waals surface area (Å²) in [5.74, 6) is 0. The molecule has 0 radical (unpaired) electrons. The zero-order valence-corrected chi connectivity index (χ0v) is 7.40. The third-order valence-electron chi connectivity index (χ3n) is 1.71. The van der Waals surface area contributed by atoms with Gasteiger partial charge in [-0.3, -0.25) is 9.78 Å². The van der Waals surface area contributed by atoms with Crippen LogP contribution in [0.25, 0.3) is 11.2 Å². The minimum Gasteiger partial charge on any atom is -0.406 e. The van der Waals surface area contributed by atoms with Gasteiger partial charge in [0.15, 0.2) is 11.2 Å². The number of nitrogens with zero attached hydrogens (tertiary/aromatic N) is 2. The summed E-state index contributed by atoms with van der Waals surface area (Å²) in [7, 11) is 0. The molecule has 0 bridgehead atoms. The van der Waals surface area contributed by atoms with E-state index >= 15 is 0 Å². The van der Waals surface area contributed by atoms with Gasteiger partial charge >= 0.3 is 11.2 Å². The van der Waals surface area contributed by atoms with Gasteiger partial charge < -0.3 is 9.82 Å². The number of nitrogens with one attached hydrogen (secondary N) is 2. The monoisotopic (exact) mass is 196 g/mol. The lowest BCUT2D eigenvalue weighted by molar-refractivity contribution is 0.104. The SMILES string of the molecule is CCOn1c(=O)[nH]c2nc[nH]c2c1=O. The van der Waals surface area contributed by atoms with E-state index in [9.17, 15) is 9.59 Å². The van der Waals surface area contributed by atoms with Gasteiger partial charge in [0.05, 0.1) is 6.33 Å². The van der Waals surface area contributed by atoms with Crippen molar-refractivity contribution in [2.45, 2.75) is 6.92 Å². The van der Waals surface area contributed by atoms with Crippen molar-refractivity contribution in [3.63, 3.8) is 0 Å². The lowest BCUT2D eigenvalue weighted by atomic mass is 10.5. The number of aromatic nitrogens is 4. The molecule has 2 aromatic heterocycles. The van der Waals surface area contributed by atoms with Crippen LogP contribution in [0.3, 0.4) is 0 Å². The third kappa shape index (κ3) is 1.10. The zero-order chi connectivity index (χ0) is 10.1. The Morgan fingerprint density at radius 3 is 3.07 bits per heavy atom. The van der Waals surface area contributed by atoms with Crippen molar-refractivity contribution in [2.24, 2.45) is 0 Å². The first-order chi connectivity index (χ1) is 6.74. The molecule has 74 valence electrons. The van der Waals surface area contributed by atoms with E-state index in [-0.39, 0.29) is 17.8 Å². The predicted octanol–water partition coefficient (Wildman–Crippen LogP) is -1.14. The van der Waals surface area contributed by atoms with Gasteiger partial charge in [0.2, 0.25) is 0 Å². The summed E-state index contributed by atoms with van der Waals surface area (Å²) in [4.78, 5) is 36.5. The van der Waals surface area contributed by atoms with E-state index in [0.29, 0.717) is 4.73 Å². The average molecular weight is 196 g/mol. The number of imidazole rings is 1. The van der Waals surface area contributed by atoms with E-state index in [1.54, 1.807) is 6.92 Å². The molecule has 0 saturated heterocycles. The summed E-state index contributed by atoms with van der Waals surface area (Å²) in [6.45, 7) is 1.92. The Morgan fingerprint density at radius 2 is 2.36 bits per heavy atom. The van der Waals surface area contributed by atoms with Gasteiger partial charge in [-0.25, -0.2) is 9.78 Å². The first kappa shape index (κ1) is 8.54. The Balaban J connectivity index is 2.83. The number of rotatable bonds is 2. The van der Waals surface area contributed by atoms with Crippen LogP contribution in [0, 0.1) is 0 Å². The summed E-state index contributed by atoms with van der Waals surface area (Å²) in [6.07, 6.45) is 1.33. The molecule has 0 atom stereocenters. The van der Waals surface area contributed by atoms with Crippen LogP contribution in [0.15, 0.2) is 15.9 Å². The molecule has 2 aromatic rings. The molecule has 0 aliphatic carbocycles. The molecule has 14 heavy (non-hydrogen) atoms. The lowest BCUT2D eigenvalue weighted by Crippen LogP contribution is -2.39. The highest BCUT2D eigenvalue weighted by atomic mass is 16.7. The Labute approximate surface area is 77.3 Å². The maximum Gasteiger partial charge on any atom is 0.363 e. The number of hydrogen-bond donors (Lipinski definition) is 2. The Bertz CT molecular complexity index is 564. The normalized spacial score (nSPS) is 10.6. The van der Waals surface area contributed by atoms with Gasteiger partial charge in [-0.15, -0.1) is 0 Å². The fourth-order valence-corrected chi connectivity index (χ4v) is 1.14. The van der Waals surface area contributed by atoms with Crippen molar-refractivity contribution in [3.05, 3.63) is 27.2 Å². The van der Waals surface area contributed by atoms with E-state index in [2.05, 4.69) is 15.0 Å². The van der Waals surface area contributed by atoms with Crippen molar-refractivity contribution >= 4 is 11.2 Å². The number of aromatic amines is 2. The summed E-state index contributed by atoms with van der Waals surface area (Å²) in [5, 5.41) is 0. The van der Waals surface area contributed by atoms with Crippen LogP contribution in [0.2, 0.25) is 0 Å². The molecule has 7 nitrogen and oxygen atoms in total. The second kappa shape index (κ2) is 3.02. The molecule has 0 fully saturated rings. The van der Waals surface area contributed by atoms with Gasteiger partial charge in [0, 0.05) is 0 Å². The molecule has 2 rings (SSSR count). The smallest absolute Gasteiger partial charge is 0.363 e. The molecule has 0 aromatic carbocycles. The minimum atomic E-state index is -0.628. The Kier molecular flexibility index (Phi) is 1.84. The highest BCUT2D eigenvalue weighted by Gasteiger charge is 2.08. The van der Waals surface area contributed by atoms with Crippen LogP contribution < -0.4 is 16.1 Å².